The van der Waals surface area contributed by atoms with Gasteiger partial charge in [0, 0.05) is 6.42 Å². The van der Waals surface area contributed by atoms with Gasteiger partial charge in [0.05, 0.1) is 13.0 Å². The molecule has 4 N–H and O–H groups in total. The van der Waals surface area contributed by atoms with E-state index >= 15 is 0 Å². The SMILES string of the molecule is CC/C=C/C/C=C/C/C=C/CC(=O)OCC(CO[C@H]1O[C@H](CS(=O)(=O)O)[C@@H](O)C(O)C1O)OC(=O)CC/C=C/C/C=C/CCCCCCCC. The second-order valence-electron chi connectivity index (χ2n) is 12.2. The third-order valence-corrected chi connectivity index (χ3v) is 8.38. The van der Waals surface area contributed by atoms with E-state index in [1.807, 2.05) is 30.4 Å². The average Bonchev–Trinajstić information content (AvgIpc) is 3.07. The molecule has 0 aliphatic carbocycles. The topological polar surface area (TPSA) is 186 Å². The molecule has 3 unspecified atom stereocenters. The fourth-order valence-electron chi connectivity index (χ4n) is 4.85. The molecule has 0 spiro atoms. The van der Waals surface area contributed by atoms with Crippen LogP contribution >= 0.6 is 0 Å². The summed E-state index contributed by atoms with van der Waals surface area (Å²) >= 11 is 0. The second kappa shape index (κ2) is 28.0. The van der Waals surface area contributed by atoms with E-state index < -0.39 is 71.2 Å². The van der Waals surface area contributed by atoms with Crippen LogP contribution in [-0.2, 0) is 38.7 Å². The van der Waals surface area contributed by atoms with Crippen molar-refractivity contribution in [2.24, 2.45) is 0 Å². The van der Waals surface area contributed by atoms with Crippen LogP contribution in [0.15, 0.2) is 60.8 Å². The lowest BCUT2D eigenvalue weighted by molar-refractivity contribution is -0.297. The van der Waals surface area contributed by atoms with E-state index in [4.69, 9.17) is 18.9 Å². The first-order valence-electron chi connectivity index (χ1n) is 17.8. The highest BCUT2D eigenvalue weighted by atomic mass is 32.2. The van der Waals surface area contributed by atoms with Crippen LogP contribution in [0.2, 0.25) is 0 Å². The molecule has 1 rings (SSSR count). The first-order valence-corrected chi connectivity index (χ1v) is 19.5. The average molecular weight is 729 g/mol. The predicted octanol–water partition coefficient (Wildman–Crippen LogP) is 5.44. The molecule has 12 nitrogen and oxygen atoms in total. The molecule has 50 heavy (non-hydrogen) atoms. The highest BCUT2D eigenvalue weighted by molar-refractivity contribution is 7.85. The molecule has 0 amide bonds. The summed E-state index contributed by atoms with van der Waals surface area (Å²) in [5, 5.41) is 30.6. The Hall–Kier alpha value is -2.65. The molecule has 1 saturated heterocycles. The van der Waals surface area contributed by atoms with Gasteiger partial charge in [-0.2, -0.15) is 8.42 Å². The van der Waals surface area contributed by atoms with Crippen molar-refractivity contribution in [3.05, 3.63) is 60.8 Å². The third kappa shape index (κ3) is 22.9. The zero-order chi connectivity index (χ0) is 37.0. The van der Waals surface area contributed by atoms with Gasteiger partial charge in [-0.15, -0.1) is 0 Å². The number of aliphatic hydroxyl groups excluding tert-OH is 3. The summed E-state index contributed by atoms with van der Waals surface area (Å²) in [6, 6.07) is 0. The van der Waals surface area contributed by atoms with Crippen molar-refractivity contribution in [3.63, 3.8) is 0 Å². The minimum absolute atomic E-state index is 0.0187. The van der Waals surface area contributed by atoms with Crippen LogP contribution in [0.4, 0.5) is 0 Å². The normalized spacial score (nSPS) is 22.4. The van der Waals surface area contributed by atoms with Gasteiger partial charge >= 0.3 is 11.9 Å². The van der Waals surface area contributed by atoms with E-state index in [0.29, 0.717) is 12.8 Å². The number of carbonyl (C=O) groups is 2. The summed E-state index contributed by atoms with van der Waals surface area (Å²) in [5.74, 6) is -2.23. The molecule has 1 aliphatic heterocycles. The Morgan fingerprint density at radius 2 is 1.32 bits per heavy atom. The molecule has 0 radical (unpaired) electrons. The van der Waals surface area contributed by atoms with Gasteiger partial charge in [0.25, 0.3) is 10.1 Å². The molecule has 1 aliphatic rings. The van der Waals surface area contributed by atoms with Gasteiger partial charge in [0.2, 0.25) is 0 Å². The van der Waals surface area contributed by atoms with Crippen molar-refractivity contribution in [2.75, 3.05) is 19.0 Å². The van der Waals surface area contributed by atoms with Crippen molar-refractivity contribution >= 4 is 22.1 Å². The number of ether oxygens (including phenoxy) is 4. The fraction of sp³-hybridized carbons (Fsp3) is 0.676. The quantitative estimate of drug-likeness (QED) is 0.0364. The van der Waals surface area contributed by atoms with Gasteiger partial charge in [0.15, 0.2) is 12.4 Å². The highest BCUT2D eigenvalue weighted by Crippen LogP contribution is 2.23. The van der Waals surface area contributed by atoms with E-state index in [9.17, 15) is 37.9 Å². The van der Waals surface area contributed by atoms with Gasteiger partial charge in [-0.3, -0.25) is 14.1 Å². The number of esters is 2. The standard InChI is InChI=1S/C37H60O12S/c1-3-5-7-9-11-13-14-15-16-18-20-22-24-26-33(39)48-30(27-46-32(38)25-23-21-19-17-12-10-8-6-4-2)28-47-37-36(42)35(41)34(40)31(49-37)29-50(43,44)45/h6,8,12,15-17,20-23,30-31,34-37,40-42H,3-5,7,9-11,13-14,18-19,24-29H2,1-2H3,(H,43,44,45)/b8-6+,16-15+,17-12+,22-20+,23-21+/t30?,31-,34-,35?,36?,37+/m1/s1. The maximum absolute atomic E-state index is 12.6. The van der Waals surface area contributed by atoms with Crippen molar-refractivity contribution in [3.8, 4) is 0 Å². The Morgan fingerprint density at radius 1 is 0.720 bits per heavy atom. The van der Waals surface area contributed by atoms with E-state index in [-0.39, 0.29) is 19.4 Å². The maximum atomic E-state index is 12.6. The number of rotatable bonds is 27. The molecule has 1 fully saturated rings. The summed E-state index contributed by atoms with van der Waals surface area (Å²) in [7, 11) is -4.61. The zero-order valence-corrected chi connectivity index (χ0v) is 30.5. The summed E-state index contributed by atoms with van der Waals surface area (Å²) in [5.41, 5.74) is 0. The van der Waals surface area contributed by atoms with Gasteiger partial charge in [0.1, 0.15) is 36.8 Å². The van der Waals surface area contributed by atoms with E-state index in [2.05, 4.69) is 38.2 Å². The lowest BCUT2D eigenvalue weighted by Crippen LogP contribution is -2.60. The molecule has 0 aromatic carbocycles. The molecule has 286 valence electrons. The van der Waals surface area contributed by atoms with Gasteiger partial charge in [-0.05, 0) is 44.9 Å². The minimum Gasteiger partial charge on any atom is -0.461 e. The number of aliphatic hydroxyl groups is 3. The molecule has 6 atom stereocenters. The summed E-state index contributed by atoms with van der Waals surface area (Å²) in [4.78, 5) is 25.0. The van der Waals surface area contributed by atoms with Gasteiger partial charge < -0.3 is 34.3 Å². The van der Waals surface area contributed by atoms with E-state index in [1.54, 1.807) is 6.08 Å². The predicted molar refractivity (Wildman–Crippen MR) is 192 cm³/mol. The molecule has 1 heterocycles. The Morgan fingerprint density at radius 3 is 1.98 bits per heavy atom. The molecule has 0 aromatic rings. The zero-order valence-electron chi connectivity index (χ0n) is 29.7. The first kappa shape index (κ1) is 45.4. The summed E-state index contributed by atoms with van der Waals surface area (Å²) in [6.07, 6.45) is 22.1. The number of carbonyl (C=O) groups excluding carboxylic acids is 2. The molecule has 0 bridgehead atoms. The smallest absolute Gasteiger partial charge is 0.309 e. The van der Waals surface area contributed by atoms with Crippen molar-refractivity contribution in [2.45, 2.75) is 141 Å². The third-order valence-electron chi connectivity index (χ3n) is 7.63. The number of allylic oxidation sites excluding steroid dienone is 9. The van der Waals surface area contributed by atoms with Crippen LogP contribution in [0.1, 0.15) is 104 Å². The van der Waals surface area contributed by atoms with Crippen LogP contribution in [-0.4, -0.2) is 96.0 Å². The Balaban J connectivity index is 2.66. The first-order chi connectivity index (χ1) is 24.0. The summed E-state index contributed by atoms with van der Waals surface area (Å²) in [6.45, 7) is 3.42. The molecule has 0 saturated carbocycles. The molecule has 13 heteroatoms. The van der Waals surface area contributed by atoms with Crippen LogP contribution in [0, 0.1) is 0 Å². The Labute approximate surface area is 298 Å². The van der Waals surface area contributed by atoms with Crippen LogP contribution in [0.25, 0.3) is 0 Å². The minimum atomic E-state index is -4.61. The van der Waals surface area contributed by atoms with Crippen molar-refractivity contribution < 1.29 is 56.8 Å². The van der Waals surface area contributed by atoms with E-state index in [0.717, 1.165) is 25.7 Å². The van der Waals surface area contributed by atoms with Gasteiger partial charge in [-0.25, -0.2) is 0 Å². The van der Waals surface area contributed by atoms with Crippen molar-refractivity contribution in [1.82, 2.24) is 0 Å². The van der Waals surface area contributed by atoms with Crippen LogP contribution in [0.5, 0.6) is 0 Å². The Bertz CT molecular complexity index is 1180. The van der Waals surface area contributed by atoms with Gasteiger partial charge in [-0.1, -0.05) is 107 Å². The Kier molecular flexibility index (Phi) is 25.4. The largest absolute Gasteiger partial charge is 0.461 e. The van der Waals surface area contributed by atoms with Crippen LogP contribution in [0.3, 0.4) is 0 Å². The molecule has 0 aromatic heterocycles. The lowest BCUT2D eigenvalue weighted by atomic mass is 10.00. The number of hydrogen-bond donors (Lipinski definition) is 4. The van der Waals surface area contributed by atoms with Crippen LogP contribution < -0.4 is 0 Å². The fourth-order valence-corrected chi connectivity index (χ4v) is 5.54. The second-order valence-corrected chi connectivity index (χ2v) is 13.7. The highest BCUT2D eigenvalue weighted by Gasteiger charge is 2.46. The maximum Gasteiger partial charge on any atom is 0.309 e. The number of unbranched alkanes of at least 4 members (excludes halogenated alkanes) is 6. The summed E-state index contributed by atoms with van der Waals surface area (Å²) < 4.78 is 53.4. The molecular formula is C37H60O12S. The number of hydrogen-bond acceptors (Lipinski definition) is 11. The monoisotopic (exact) mass is 728 g/mol. The van der Waals surface area contributed by atoms with Crippen molar-refractivity contribution in [1.29, 1.82) is 0 Å². The van der Waals surface area contributed by atoms with E-state index in [1.165, 1.54) is 38.5 Å². The molecular weight excluding hydrogens is 668 g/mol. The lowest BCUT2D eigenvalue weighted by Gasteiger charge is -2.40.